The molecular formula is C19H21ClN2O2. The molecule has 0 saturated heterocycles. The van der Waals surface area contributed by atoms with Gasteiger partial charge in [-0.2, -0.15) is 0 Å². The van der Waals surface area contributed by atoms with E-state index in [1.54, 1.807) is 7.11 Å². The molecule has 0 aliphatic carbocycles. The molecule has 0 bridgehead atoms. The van der Waals surface area contributed by atoms with Crippen LogP contribution in [0.5, 0.6) is 5.75 Å². The predicted octanol–water partition coefficient (Wildman–Crippen LogP) is 4.21. The molecule has 0 saturated carbocycles. The van der Waals surface area contributed by atoms with Crippen LogP contribution in [0.25, 0.3) is 21.8 Å². The van der Waals surface area contributed by atoms with E-state index >= 15 is 0 Å². The fraction of sp³-hybridized carbons (Fsp3) is 0.316. The van der Waals surface area contributed by atoms with E-state index in [0.717, 1.165) is 52.4 Å². The third kappa shape index (κ3) is 3.46. The predicted molar refractivity (Wildman–Crippen MR) is 98.7 cm³/mol. The van der Waals surface area contributed by atoms with Gasteiger partial charge in [-0.25, -0.2) is 4.98 Å². The summed E-state index contributed by atoms with van der Waals surface area (Å²) in [6, 6.07) is 11.6. The lowest BCUT2D eigenvalue weighted by atomic mass is 9.96. The lowest BCUT2D eigenvalue weighted by Crippen LogP contribution is -2.11. The molecule has 0 fully saturated rings. The molecule has 4 nitrogen and oxygen atoms in total. The van der Waals surface area contributed by atoms with E-state index in [-0.39, 0.29) is 12.6 Å². The number of pyridine rings is 1. The van der Waals surface area contributed by atoms with Crippen molar-refractivity contribution >= 4 is 33.4 Å². The first-order valence-electron chi connectivity index (χ1n) is 8.07. The highest BCUT2D eigenvalue weighted by Gasteiger charge is 2.13. The number of unbranched alkanes of at least 4 members (excludes halogenated alkanes) is 1. The van der Waals surface area contributed by atoms with Crippen molar-refractivity contribution in [3.05, 3.63) is 47.0 Å². The molecule has 0 spiro atoms. The molecule has 2 aromatic carbocycles. The summed E-state index contributed by atoms with van der Waals surface area (Å²) in [6.07, 6.45) is 2.44. The zero-order valence-electron chi connectivity index (χ0n) is 13.6. The fourth-order valence-corrected chi connectivity index (χ4v) is 3.19. The SMILES string of the molecule is COc1ccc2cc3c(C(N)CCCCO)cc(Cl)cc3nc2c1. The van der Waals surface area contributed by atoms with Crippen molar-refractivity contribution in [2.24, 2.45) is 5.73 Å². The lowest BCUT2D eigenvalue weighted by Gasteiger charge is -2.16. The van der Waals surface area contributed by atoms with Gasteiger partial charge >= 0.3 is 0 Å². The highest BCUT2D eigenvalue weighted by molar-refractivity contribution is 6.31. The van der Waals surface area contributed by atoms with Crippen molar-refractivity contribution in [2.45, 2.75) is 25.3 Å². The van der Waals surface area contributed by atoms with Crippen LogP contribution in [0.1, 0.15) is 30.9 Å². The second-order valence-electron chi connectivity index (χ2n) is 5.93. The molecule has 1 aromatic heterocycles. The van der Waals surface area contributed by atoms with Crippen LogP contribution in [-0.4, -0.2) is 23.8 Å². The van der Waals surface area contributed by atoms with E-state index < -0.39 is 0 Å². The number of aliphatic hydroxyl groups excluding tert-OH is 1. The molecule has 1 atom stereocenters. The Kier molecular flexibility index (Phi) is 5.19. The molecule has 0 aliphatic heterocycles. The Morgan fingerprint density at radius 3 is 2.75 bits per heavy atom. The lowest BCUT2D eigenvalue weighted by molar-refractivity contribution is 0.281. The zero-order valence-corrected chi connectivity index (χ0v) is 14.4. The number of nitrogens with zero attached hydrogens (tertiary/aromatic N) is 1. The Labute approximate surface area is 146 Å². The van der Waals surface area contributed by atoms with Crippen molar-refractivity contribution in [1.29, 1.82) is 0 Å². The second kappa shape index (κ2) is 7.34. The van der Waals surface area contributed by atoms with E-state index in [9.17, 15) is 0 Å². The summed E-state index contributed by atoms with van der Waals surface area (Å²) in [7, 11) is 1.64. The molecule has 3 aromatic rings. The average Bonchev–Trinajstić information content (AvgIpc) is 2.59. The van der Waals surface area contributed by atoms with Gasteiger partial charge in [0.2, 0.25) is 0 Å². The molecule has 0 aliphatic rings. The van der Waals surface area contributed by atoms with Gasteiger partial charge in [0, 0.05) is 34.5 Å². The number of benzene rings is 2. The Morgan fingerprint density at radius 2 is 2.00 bits per heavy atom. The molecule has 0 amide bonds. The minimum atomic E-state index is -0.129. The maximum Gasteiger partial charge on any atom is 0.121 e. The van der Waals surface area contributed by atoms with Crippen LogP contribution >= 0.6 is 11.6 Å². The smallest absolute Gasteiger partial charge is 0.121 e. The van der Waals surface area contributed by atoms with Crippen LogP contribution in [0.2, 0.25) is 5.02 Å². The van der Waals surface area contributed by atoms with Crippen molar-refractivity contribution in [2.75, 3.05) is 13.7 Å². The molecule has 3 rings (SSSR count). The quantitative estimate of drug-likeness (QED) is 0.519. The maximum absolute atomic E-state index is 8.94. The van der Waals surface area contributed by atoms with Crippen LogP contribution in [0.3, 0.4) is 0 Å². The summed E-state index contributed by atoms with van der Waals surface area (Å²) in [4.78, 5) is 4.73. The summed E-state index contributed by atoms with van der Waals surface area (Å²) < 4.78 is 5.27. The number of hydrogen-bond acceptors (Lipinski definition) is 4. The molecule has 1 unspecified atom stereocenters. The van der Waals surface area contributed by atoms with Gasteiger partial charge in [0.1, 0.15) is 5.75 Å². The van der Waals surface area contributed by atoms with Crippen LogP contribution in [0.4, 0.5) is 0 Å². The molecular weight excluding hydrogens is 324 g/mol. The highest BCUT2D eigenvalue weighted by Crippen LogP contribution is 2.32. The summed E-state index contributed by atoms with van der Waals surface area (Å²) >= 11 is 6.28. The average molecular weight is 345 g/mol. The fourth-order valence-electron chi connectivity index (χ4n) is 2.97. The number of ether oxygens (including phenoxy) is 1. The van der Waals surface area contributed by atoms with Crippen LogP contribution in [0, 0.1) is 0 Å². The van der Waals surface area contributed by atoms with E-state index in [2.05, 4.69) is 6.07 Å². The Balaban J connectivity index is 2.10. The maximum atomic E-state index is 8.94. The van der Waals surface area contributed by atoms with E-state index in [4.69, 9.17) is 32.2 Å². The molecule has 0 radical (unpaired) electrons. The standard InChI is InChI=1S/C19H21ClN2O2/c1-24-14-6-5-12-8-16-15(17(21)4-2-3-7-23)9-13(20)10-19(16)22-18(12)11-14/h5-6,8-11,17,23H,2-4,7,21H2,1H3. The summed E-state index contributed by atoms with van der Waals surface area (Å²) in [5, 5.41) is 11.6. The topological polar surface area (TPSA) is 68.4 Å². The van der Waals surface area contributed by atoms with Crippen molar-refractivity contribution in [3.63, 3.8) is 0 Å². The largest absolute Gasteiger partial charge is 0.497 e. The minimum absolute atomic E-state index is 0.129. The zero-order chi connectivity index (χ0) is 17.1. The first-order chi connectivity index (χ1) is 11.6. The minimum Gasteiger partial charge on any atom is -0.497 e. The number of halogens is 1. The number of methoxy groups -OCH3 is 1. The van der Waals surface area contributed by atoms with Gasteiger partial charge in [0.05, 0.1) is 18.1 Å². The van der Waals surface area contributed by atoms with Crippen molar-refractivity contribution < 1.29 is 9.84 Å². The number of nitrogens with two attached hydrogens (primary N) is 1. The Hall–Kier alpha value is -1.88. The number of aliphatic hydroxyl groups is 1. The molecule has 126 valence electrons. The van der Waals surface area contributed by atoms with Crippen molar-refractivity contribution in [3.8, 4) is 5.75 Å². The van der Waals surface area contributed by atoms with Crippen molar-refractivity contribution in [1.82, 2.24) is 4.98 Å². The van der Waals surface area contributed by atoms with Gasteiger partial charge in [0.25, 0.3) is 0 Å². The monoisotopic (exact) mass is 344 g/mol. The second-order valence-corrected chi connectivity index (χ2v) is 6.37. The molecule has 5 heteroatoms. The van der Waals surface area contributed by atoms with Gasteiger partial charge in [-0.3, -0.25) is 0 Å². The Bertz CT molecular complexity index is 867. The normalized spacial score (nSPS) is 12.7. The number of aromatic nitrogens is 1. The van der Waals surface area contributed by atoms with Crippen LogP contribution in [-0.2, 0) is 0 Å². The molecule has 24 heavy (non-hydrogen) atoms. The van der Waals surface area contributed by atoms with Crippen LogP contribution < -0.4 is 10.5 Å². The van der Waals surface area contributed by atoms with Gasteiger partial charge < -0.3 is 15.6 Å². The van der Waals surface area contributed by atoms with Gasteiger partial charge in [0.15, 0.2) is 0 Å². The van der Waals surface area contributed by atoms with E-state index in [0.29, 0.717) is 5.02 Å². The molecule has 1 heterocycles. The number of hydrogen-bond donors (Lipinski definition) is 2. The summed E-state index contributed by atoms with van der Waals surface area (Å²) in [6.45, 7) is 0.192. The van der Waals surface area contributed by atoms with Gasteiger partial charge in [-0.15, -0.1) is 0 Å². The first kappa shape index (κ1) is 17.0. The summed E-state index contributed by atoms with van der Waals surface area (Å²) in [5.74, 6) is 0.775. The van der Waals surface area contributed by atoms with E-state index in [1.165, 1.54) is 0 Å². The number of rotatable bonds is 6. The molecule has 3 N–H and O–H groups in total. The van der Waals surface area contributed by atoms with Gasteiger partial charge in [-0.1, -0.05) is 11.6 Å². The highest BCUT2D eigenvalue weighted by atomic mass is 35.5. The first-order valence-corrected chi connectivity index (χ1v) is 8.44. The van der Waals surface area contributed by atoms with Crippen LogP contribution in [0.15, 0.2) is 36.4 Å². The van der Waals surface area contributed by atoms with Gasteiger partial charge in [-0.05, 0) is 55.2 Å². The summed E-state index contributed by atoms with van der Waals surface area (Å²) in [5.41, 5.74) is 9.07. The Morgan fingerprint density at radius 1 is 1.17 bits per heavy atom. The number of fused-ring (bicyclic) bond motifs is 2. The third-order valence-corrected chi connectivity index (χ3v) is 4.47. The third-order valence-electron chi connectivity index (χ3n) is 4.26. The van der Waals surface area contributed by atoms with E-state index in [1.807, 2.05) is 30.3 Å².